The number of carbonyl (C=O) groups excluding carboxylic acids is 1. The average molecular weight is 248 g/mol. The lowest BCUT2D eigenvalue weighted by molar-refractivity contribution is -0.143. The van der Waals surface area contributed by atoms with Gasteiger partial charge in [0.15, 0.2) is 0 Å². The van der Waals surface area contributed by atoms with E-state index in [1.165, 1.54) is 4.90 Å². The van der Waals surface area contributed by atoms with Gasteiger partial charge in [-0.3, -0.25) is 4.79 Å². The molecule has 3 N–H and O–H groups in total. The lowest BCUT2D eigenvalue weighted by Crippen LogP contribution is -2.48. The summed E-state index contributed by atoms with van der Waals surface area (Å²) in [4.78, 5) is 24.9. The molecule has 1 aromatic rings. The van der Waals surface area contributed by atoms with Gasteiger partial charge in [-0.05, 0) is 31.4 Å². The maximum Gasteiger partial charge on any atom is 0.326 e. The number of rotatable bonds is 2. The van der Waals surface area contributed by atoms with E-state index in [4.69, 9.17) is 10.8 Å². The minimum atomic E-state index is -0.947. The maximum atomic E-state index is 12.3. The van der Waals surface area contributed by atoms with Crippen molar-refractivity contribution in [3.8, 4) is 0 Å². The van der Waals surface area contributed by atoms with E-state index in [1.54, 1.807) is 24.3 Å². The van der Waals surface area contributed by atoms with Gasteiger partial charge in [0.2, 0.25) is 0 Å². The molecule has 5 heteroatoms. The van der Waals surface area contributed by atoms with Gasteiger partial charge >= 0.3 is 5.97 Å². The second-order valence-electron chi connectivity index (χ2n) is 4.44. The molecule has 0 radical (unpaired) electrons. The number of anilines is 1. The van der Waals surface area contributed by atoms with Gasteiger partial charge in [-0.15, -0.1) is 0 Å². The van der Waals surface area contributed by atoms with E-state index in [9.17, 15) is 9.59 Å². The first-order valence-electron chi connectivity index (χ1n) is 5.99. The molecule has 1 saturated heterocycles. The predicted octanol–water partition coefficient (Wildman–Crippen LogP) is 1.35. The molecule has 1 heterocycles. The number of benzene rings is 1. The molecule has 1 aliphatic rings. The summed E-state index contributed by atoms with van der Waals surface area (Å²) in [5.74, 6) is -1.24. The number of carboxylic acids is 1. The van der Waals surface area contributed by atoms with Crippen LogP contribution < -0.4 is 5.73 Å². The molecule has 5 nitrogen and oxygen atoms in total. The van der Waals surface area contributed by atoms with Crippen molar-refractivity contribution in [1.29, 1.82) is 0 Å². The Morgan fingerprint density at radius 2 is 2.00 bits per heavy atom. The van der Waals surface area contributed by atoms with Gasteiger partial charge in [-0.2, -0.15) is 0 Å². The lowest BCUT2D eigenvalue weighted by atomic mass is 10.0. The minimum Gasteiger partial charge on any atom is -0.480 e. The average Bonchev–Trinajstić information content (AvgIpc) is 2.38. The summed E-state index contributed by atoms with van der Waals surface area (Å²) in [5.41, 5.74) is 6.52. The topological polar surface area (TPSA) is 83.6 Å². The lowest BCUT2D eigenvalue weighted by Gasteiger charge is -2.33. The van der Waals surface area contributed by atoms with Crippen LogP contribution in [0, 0.1) is 0 Å². The summed E-state index contributed by atoms with van der Waals surface area (Å²) < 4.78 is 0. The standard InChI is InChI=1S/C13H16N2O3/c14-10-6-2-1-5-9(10)12(16)15-8-4-3-7-11(15)13(17)18/h1-2,5-6,11H,3-4,7-8,14H2,(H,17,18)/t11-/m1/s1. The van der Waals surface area contributed by atoms with Crippen molar-refractivity contribution in [1.82, 2.24) is 4.90 Å². The van der Waals surface area contributed by atoms with Crippen LogP contribution in [-0.4, -0.2) is 34.5 Å². The molecule has 2 rings (SSSR count). The van der Waals surface area contributed by atoms with E-state index in [0.29, 0.717) is 24.2 Å². The highest BCUT2D eigenvalue weighted by Crippen LogP contribution is 2.22. The highest BCUT2D eigenvalue weighted by molar-refractivity contribution is 6.00. The third kappa shape index (κ3) is 2.30. The zero-order valence-corrected chi connectivity index (χ0v) is 10.0. The molecule has 0 bridgehead atoms. The minimum absolute atomic E-state index is 0.291. The van der Waals surface area contributed by atoms with Crippen molar-refractivity contribution in [2.45, 2.75) is 25.3 Å². The molecular formula is C13H16N2O3. The second kappa shape index (κ2) is 5.08. The van der Waals surface area contributed by atoms with Crippen LogP contribution in [-0.2, 0) is 4.79 Å². The predicted molar refractivity (Wildman–Crippen MR) is 67.2 cm³/mol. The van der Waals surface area contributed by atoms with Crippen LogP contribution >= 0.6 is 0 Å². The van der Waals surface area contributed by atoms with Gasteiger partial charge in [0, 0.05) is 12.2 Å². The molecule has 96 valence electrons. The Morgan fingerprint density at radius 1 is 1.28 bits per heavy atom. The number of carboxylic acid groups (broad SMARTS) is 1. The highest BCUT2D eigenvalue weighted by Gasteiger charge is 2.32. The number of piperidine rings is 1. The van der Waals surface area contributed by atoms with E-state index in [-0.39, 0.29) is 5.91 Å². The summed E-state index contributed by atoms with van der Waals surface area (Å²) in [5, 5.41) is 9.15. The fourth-order valence-electron chi connectivity index (χ4n) is 2.28. The van der Waals surface area contributed by atoms with Gasteiger partial charge in [-0.1, -0.05) is 12.1 Å². The van der Waals surface area contributed by atoms with Gasteiger partial charge in [0.25, 0.3) is 5.91 Å². The van der Waals surface area contributed by atoms with E-state index >= 15 is 0 Å². The van der Waals surface area contributed by atoms with Gasteiger partial charge in [0.05, 0.1) is 5.56 Å². The Kier molecular flexibility index (Phi) is 3.50. The number of nitrogens with two attached hydrogens (primary N) is 1. The van der Waals surface area contributed by atoms with E-state index < -0.39 is 12.0 Å². The summed E-state index contributed by atoms with van der Waals surface area (Å²) in [6.07, 6.45) is 2.18. The van der Waals surface area contributed by atoms with Crippen molar-refractivity contribution in [3.63, 3.8) is 0 Å². The second-order valence-corrected chi connectivity index (χ2v) is 4.44. The number of likely N-dealkylation sites (tertiary alicyclic amines) is 1. The monoisotopic (exact) mass is 248 g/mol. The number of carbonyl (C=O) groups is 2. The van der Waals surface area contributed by atoms with Crippen molar-refractivity contribution >= 4 is 17.6 Å². The number of aliphatic carboxylic acids is 1. The number of hydrogen-bond acceptors (Lipinski definition) is 3. The third-order valence-corrected chi connectivity index (χ3v) is 3.24. The van der Waals surface area contributed by atoms with Crippen LogP contribution in [0.1, 0.15) is 29.6 Å². The molecule has 0 aromatic heterocycles. The number of hydrogen-bond donors (Lipinski definition) is 2. The Labute approximate surface area is 105 Å². The fourth-order valence-corrected chi connectivity index (χ4v) is 2.28. The summed E-state index contributed by atoms with van der Waals surface area (Å²) in [6, 6.07) is 6.02. The van der Waals surface area contributed by atoms with Gasteiger partial charge in [0.1, 0.15) is 6.04 Å². The molecule has 1 fully saturated rings. The van der Waals surface area contributed by atoms with Crippen molar-refractivity contribution in [3.05, 3.63) is 29.8 Å². The summed E-state index contributed by atoms with van der Waals surface area (Å²) >= 11 is 0. The zero-order valence-electron chi connectivity index (χ0n) is 10.0. The largest absolute Gasteiger partial charge is 0.480 e. The van der Waals surface area contributed by atoms with Crippen molar-refractivity contribution in [2.24, 2.45) is 0 Å². The molecule has 0 aliphatic carbocycles. The number of para-hydroxylation sites is 1. The maximum absolute atomic E-state index is 12.3. The smallest absolute Gasteiger partial charge is 0.326 e. The van der Waals surface area contributed by atoms with Crippen LogP contribution in [0.25, 0.3) is 0 Å². The molecule has 0 unspecified atom stereocenters. The number of nitrogens with zero attached hydrogens (tertiary/aromatic N) is 1. The Balaban J connectivity index is 2.27. The van der Waals surface area contributed by atoms with Crippen LogP contribution in [0.4, 0.5) is 5.69 Å². The first kappa shape index (κ1) is 12.4. The molecule has 0 spiro atoms. The molecule has 1 atom stereocenters. The van der Waals surface area contributed by atoms with Crippen LogP contribution in [0.2, 0.25) is 0 Å². The van der Waals surface area contributed by atoms with E-state index in [2.05, 4.69) is 0 Å². The van der Waals surface area contributed by atoms with E-state index in [0.717, 1.165) is 12.8 Å². The summed E-state index contributed by atoms with van der Waals surface area (Å²) in [7, 11) is 0. The van der Waals surface area contributed by atoms with Crippen LogP contribution in [0.5, 0.6) is 0 Å². The fraction of sp³-hybridized carbons (Fsp3) is 0.385. The third-order valence-electron chi connectivity index (χ3n) is 3.24. The molecular weight excluding hydrogens is 232 g/mol. The first-order chi connectivity index (χ1) is 8.61. The molecule has 0 saturated carbocycles. The Morgan fingerprint density at radius 3 is 2.67 bits per heavy atom. The SMILES string of the molecule is Nc1ccccc1C(=O)N1CCCC[C@@H]1C(=O)O. The molecule has 1 aromatic carbocycles. The van der Waals surface area contributed by atoms with Crippen LogP contribution in [0.15, 0.2) is 24.3 Å². The molecule has 1 aliphatic heterocycles. The van der Waals surface area contributed by atoms with Crippen molar-refractivity contribution in [2.75, 3.05) is 12.3 Å². The first-order valence-corrected chi connectivity index (χ1v) is 5.99. The zero-order chi connectivity index (χ0) is 13.1. The Hall–Kier alpha value is -2.04. The molecule has 18 heavy (non-hydrogen) atoms. The normalized spacial score (nSPS) is 19.6. The van der Waals surface area contributed by atoms with Gasteiger partial charge in [-0.25, -0.2) is 4.79 Å². The summed E-state index contributed by atoms with van der Waals surface area (Å²) in [6.45, 7) is 0.476. The van der Waals surface area contributed by atoms with Gasteiger partial charge < -0.3 is 15.7 Å². The van der Waals surface area contributed by atoms with E-state index in [1.807, 2.05) is 0 Å². The van der Waals surface area contributed by atoms with Crippen LogP contribution in [0.3, 0.4) is 0 Å². The Bertz CT molecular complexity index is 473. The number of nitrogen functional groups attached to an aromatic ring is 1. The number of amides is 1. The quantitative estimate of drug-likeness (QED) is 0.774. The molecule has 1 amide bonds. The highest BCUT2D eigenvalue weighted by atomic mass is 16.4. The van der Waals surface area contributed by atoms with Crippen molar-refractivity contribution < 1.29 is 14.7 Å².